The maximum atomic E-state index is 14.1. The molecule has 0 fully saturated rings. The van der Waals surface area contributed by atoms with E-state index in [2.05, 4.69) is 10.6 Å². The third-order valence-corrected chi connectivity index (χ3v) is 5.34. The van der Waals surface area contributed by atoms with Gasteiger partial charge in [0.25, 0.3) is 0 Å². The minimum absolute atomic E-state index is 0.0803. The van der Waals surface area contributed by atoms with E-state index in [0.717, 1.165) is 0 Å². The molecule has 0 aliphatic carbocycles. The molecule has 0 heterocycles. The largest absolute Gasteiger partial charge is 0.508 e. The van der Waals surface area contributed by atoms with Crippen LogP contribution in [-0.2, 0) is 19.1 Å². The second kappa shape index (κ2) is 11.6. The molecule has 0 bridgehead atoms. The van der Waals surface area contributed by atoms with Crippen molar-refractivity contribution in [1.29, 1.82) is 0 Å². The van der Waals surface area contributed by atoms with Gasteiger partial charge >= 0.3 is 6.09 Å². The third-order valence-electron chi connectivity index (χ3n) is 5.34. The summed E-state index contributed by atoms with van der Waals surface area (Å²) in [5.74, 6) is -2.07. The summed E-state index contributed by atoms with van der Waals surface area (Å²) in [5.41, 5.74) is 3.40. The fourth-order valence-corrected chi connectivity index (χ4v) is 3.51. The number of nitrogens with two attached hydrogens (primary N) is 1. The molecular formula is C26H42N4O6. The van der Waals surface area contributed by atoms with Crippen LogP contribution >= 0.6 is 0 Å². The van der Waals surface area contributed by atoms with Crippen molar-refractivity contribution in [3.63, 3.8) is 0 Å². The smallest absolute Gasteiger partial charge is 0.408 e. The number of primary amides is 1. The first-order chi connectivity index (χ1) is 16.3. The molecule has 0 saturated heterocycles. The fraction of sp³-hybridized carbons (Fsp3) is 0.615. The van der Waals surface area contributed by atoms with Gasteiger partial charge in [-0.2, -0.15) is 0 Å². The number of rotatable bonds is 9. The summed E-state index contributed by atoms with van der Waals surface area (Å²) in [6.45, 7) is 15.8. The van der Waals surface area contributed by atoms with Crippen molar-refractivity contribution in [1.82, 2.24) is 15.5 Å². The van der Waals surface area contributed by atoms with E-state index in [-0.39, 0.29) is 5.75 Å². The quantitative estimate of drug-likeness (QED) is 0.404. The van der Waals surface area contributed by atoms with Gasteiger partial charge in [0.15, 0.2) is 0 Å². The SMILES string of the molecule is CCC(C)(C)N(C(=O)C(CC(N)=O)NC(=O)OC(C)(C)C)C(C(=O)NC(C)(C)C)c1cccc(O)c1. The van der Waals surface area contributed by atoms with E-state index in [1.54, 1.807) is 46.8 Å². The number of phenolic OH excluding ortho intramolecular Hbond substituents is 1. The third kappa shape index (κ3) is 9.39. The molecule has 10 heteroatoms. The van der Waals surface area contributed by atoms with Crippen molar-refractivity contribution in [2.75, 3.05) is 0 Å². The van der Waals surface area contributed by atoms with E-state index in [1.165, 1.54) is 17.0 Å². The van der Waals surface area contributed by atoms with Gasteiger partial charge in [0.2, 0.25) is 17.7 Å². The molecule has 0 aliphatic rings. The summed E-state index contributed by atoms with van der Waals surface area (Å²) in [6.07, 6.45) is -0.960. The van der Waals surface area contributed by atoms with Gasteiger partial charge in [0.1, 0.15) is 23.4 Å². The predicted octanol–water partition coefficient (Wildman–Crippen LogP) is 3.13. The second-order valence-electron chi connectivity index (χ2n) is 11.5. The molecule has 4 amide bonds. The van der Waals surface area contributed by atoms with Crippen molar-refractivity contribution < 1.29 is 29.0 Å². The second-order valence-corrected chi connectivity index (χ2v) is 11.5. The van der Waals surface area contributed by atoms with Crippen LogP contribution in [0.15, 0.2) is 24.3 Å². The van der Waals surface area contributed by atoms with Crippen molar-refractivity contribution >= 4 is 23.8 Å². The molecule has 0 radical (unpaired) electrons. The minimum Gasteiger partial charge on any atom is -0.508 e. The normalized spacial score (nSPS) is 13.8. The van der Waals surface area contributed by atoms with Crippen LogP contribution in [0.4, 0.5) is 4.79 Å². The number of hydrogen-bond acceptors (Lipinski definition) is 6. The van der Waals surface area contributed by atoms with E-state index >= 15 is 0 Å². The zero-order chi connectivity index (χ0) is 28.1. The topological polar surface area (TPSA) is 151 Å². The standard InChI is InChI=1S/C26H42N4O6/c1-10-26(8,9)30(22(34)18(15-19(27)32)28-23(35)36-25(5,6)7)20(21(33)29-24(2,3)4)16-12-11-13-17(31)14-16/h11-14,18,20,31H,10,15H2,1-9H3,(H2,27,32)(H,28,35)(H,29,33). The van der Waals surface area contributed by atoms with Gasteiger partial charge in [-0.05, 0) is 79.5 Å². The lowest BCUT2D eigenvalue weighted by Gasteiger charge is -2.45. The highest BCUT2D eigenvalue weighted by Crippen LogP contribution is 2.34. The average Bonchev–Trinajstić information content (AvgIpc) is 2.67. The van der Waals surface area contributed by atoms with Crippen LogP contribution in [-0.4, -0.2) is 56.5 Å². The van der Waals surface area contributed by atoms with Crippen molar-refractivity contribution in [3.05, 3.63) is 29.8 Å². The molecule has 1 aromatic carbocycles. The van der Waals surface area contributed by atoms with Crippen LogP contribution in [0.1, 0.15) is 86.8 Å². The molecule has 36 heavy (non-hydrogen) atoms. The van der Waals surface area contributed by atoms with Gasteiger partial charge in [-0.3, -0.25) is 14.4 Å². The lowest BCUT2D eigenvalue weighted by atomic mass is 9.91. The molecular weight excluding hydrogens is 464 g/mol. The number of amides is 4. The summed E-state index contributed by atoms with van der Waals surface area (Å²) >= 11 is 0. The number of nitrogens with one attached hydrogen (secondary N) is 2. The van der Waals surface area contributed by atoms with Gasteiger partial charge in [-0.15, -0.1) is 0 Å². The molecule has 5 N–H and O–H groups in total. The molecule has 10 nitrogen and oxygen atoms in total. The zero-order valence-electron chi connectivity index (χ0n) is 22.9. The number of benzene rings is 1. The molecule has 2 atom stereocenters. The van der Waals surface area contributed by atoms with Gasteiger partial charge in [-0.25, -0.2) is 4.79 Å². The molecule has 0 aromatic heterocycles. The fourth-order valence-electron chi connectivity index (χ4n) is 3.51. The Kier molecular flexibility index (Phi) is 9.92. The summed E-state index contributed by atoms with van der Waals surface area (Å²) in [7, 11) is 0. The monoisotopic (exact) mass is 506 g/mol. The molecule has 1 aromatic rings. The lowest BCUT2D eigenvalue weighted by Crippen LogP contribution is -2.60. The van der Waals surface area contributed by atoms with Crippen LogP contribution in [0.25, 0.3) is 0 Å². The molecule has 1 rings (SSSR count). The van der Waals surface area contributed by atoms with Crippen LogP contribution in [0.3, 0.4) is 0 Å². The lowest BCUT2D eigenvalue weighted by molar-refractivity contribution is -0.150. The summed E-state index contributed by atoms with van der Waals surface area (Å²) < 4.78 is 5.28. The maximum absolute atomic E-state index is 14.1. The molecule has 0 aliphatic heterocycles. The minimum atomic E-state index is -1.38. The Balaban J connectivity index is 3.69. The number of alkyl carbamates (subject to hydrolysis) is 1. The number of hydrogen-bond donors (Lipinski definition) is 4. The average molecular weight is 507 g/mol. The Morgan fingerprint density at radius 2 is 1.64 bits per heavy atom. The Bertz CT molecular complexity index is 962. The van der Waals surface area contributed by atoms with Crippen molar-refractivity contribution in [2.45, 2.75) is 104 Å². The number of carbonyl (C=O) groups excluding carboxylic acids is 4. The predicted molar refractivity (Wildman–Crippen MR) is 137 cm³/mol. The number of ether oxygens (including phenoxy) is 1. The Hall–Kier alpha value is -3.30. The number of phenols is 1. The summed E-state index contributed by atoms with van der Waals surface area (Å²) in [5, 5.41) is 15.5. The highest BCUT2D eigenvalue weighted by atomic mass is 16.6. The van der Waals surface area contributed by atoms with Crippen LogP contribution in [0.2, 0.25) is 0 Å². The van der Waals surface area contributed by atoms with Crippen molar-refractivity contribution in [3.8, 4) is 5.75 Å². The van der Waals surface area contributed by atoms with E-state index < -0.39 is 59.0 Å². The first-order valence-electron chi connectivity index (χ1n) is 12.0. The van der Waals surface area contributed by atoms with Crippen LogP contribution < -0.4 is 16.4 Å². The van der Waals surface area contributed by atoms with Gasteiger partial charge < -0.3 is 31.1 Å². The first kappa shape index (κ1) is 30.7. The van der Waals surface area contributed by atoms with Gasteiger partial charge in [0.05, 0.1) is 6.42 Å². The zero-order valence-corrected chi connectivity index (χ0v) is 22.9. The van der Waals surface area contributed by atoms with E-state index in [0.29, 0.717) is 12.0 Å². The highest BCUT2D eigenvalue weighted by molar-refractivity contribution is 5.95. The van der Waals surface area contributed by atoms with E-state index in [1.807, 2.05) is 27.7 Å². The number of carbonyl (C=O) groups is 4. The van der Waals surface area contributed by atoms with Gasteiger partial charge in [0, 0.05) is 11.1 Å². The molecule has 0 saturated carbocycles. The molecule has 202 valence electrons. The highest BCUT2D eigenvalue weighted by Gasteiger charge is 2.44. The molecule has 0 spiro atoms. The van der Waals surface area contributed by atoms with Gasteiger partial charge in [-0.1, -0.05) is 19.1 Å². The summed E-state index contributed by atoms with van der Waals surface area (Å²) in [6, 6.07) is 3.50. The maximum Gasteiger partial charge on any atom is 0.408 e. The van der Waals surface area contributed by atoms with E-state index in [9.17, 15) is 24.3 Å². The first-order valence-corrected chi connectivity index (χ1v) is 12.0. The van der Waals surface area contributed by atoms with Crippen LogP contribution in [0, 0.1) is 0 Å². The van der Waals surface area contributed by atoms with E-state index in [4.69, 9.17) is 10.5 Å². The molecule has 2 unspecified atom stereocenters. The Morgan fingerprint density at radius 3 is 2.08 bits per heavy atom. The number of nitrogens with zero attached hydrogens (tertiary/aromatic N) is 1. The Labute approximate surface area is 213 Å². The van der Waals surface area contributed by atoms with Crippen LogP contribution in [0.5, 0.6) is 5.75 Å². The van der Waals surface area contributed by atoms with Crippen molar-refractivity contribution in [2.24, 2.45) is 5.73 Å². The Morgan fingerprint density at radius 1 is 1.06 bits per heavy atom. The number of aromatic hydroxyl groups is 1. The summed E-state index contributed by atoms with van der Waals surface area (Å²) in [4.78, 5) is 53.5.